The molecule has 2 aliphatic rings. The molecule has 1 fully saturated rings. The topological polar surface area (TPSA) is 48.5 Å². The molecule has 0 radical (unpaired) electrons. The molecule has 2 amide bonds. The summed E-state index contributed by atoms with van der Waals surface area (Å²) >= 11 is 0. The van der Waals surface area contributed by atoms with E-state index in [1.54, 1.807) is 0 Å². The van der Waals surface area contributed by atoms with Gasteiger partial charge in [0.15, 0.2) is 0 Å². The van der Waals surface area contributed by atoms with Crippen LogP contribution in [-0.4, -0.2) is 54.0 Å². The summed E-state index contributed by atoms with van der Waals surface area (Å²) in [4.78, 5) is 21.0. The maximum atomic E-state index is 12.5. The average Bonchev–Trinajstić information content (AvgIpc) is 2.97. The smallest absolute Gasteiger partial charge is 0.317 e. The molecule has 3 atom stereocenters. The summed E-state index contributed by atoms with van der Waals surface area (Å²) in [6, 6.07) is 4.69. The highest BCUT2D eigenvalue weighted by atomic mass is 16.2. The molecule has 0 aromatic carbocycles. The molecular formula is C19H28N4O. The van der Waals surface area contributed by atoms with Crippen molar-refractivity contribution in [2.24, 2.45) is 5.92 Å². The van der Waals surface area contributed by atoms with Gasteiger partial charge in [0.1, 0.15) is 0 Å². The van der Waals surface area contributed by atoms with E-state index in [4.69, 9.17) is 0 Å². The number of rotatable bonds is 4. The van der Waals surface area contributed by atoms with Crippen molar-refractivity contribution in [1.82, 2.24) is 20.1 Å². The number of nitrogens with one attached hydrogen (secondary N) is 1. The fourth-order valence-corrected chi connectivity index (χ4v) is 3.93. The van der Waals surface area contributed by atoms with E-state index in [1.807, 2.05) is 30.4 Å². The summed E-state index contributed by atoms with van der Waals surface area (Å²) in [5.74, 6) is 0.442. The van der Waals surface area contributed by atoms with E-state index < -0.39 is 0 Å². The molecule has 2 heterocycles. The highest BCUT2D eigenvalue weighted by Crippen LogP contribution is 2.36. The minimum Gasteiger partial charge on any atom is -0.332 e. The van der Waals surface area contributed by atoms with E-state index in [2.05, 4.69) is 40.5 Å². The number of nitrogens with zero attached hydrogens (tertiary/aromatic N) is 3. The van der Waals surface area contributed by atoms with Crippen LogP contribution in [0.15, 0.2) is 36.7 Å². The second-order valence-corrected chi connectivity index (χ2v) is 7.06. The van der Waals surface area contributed by atoms with E-state index >= 15 is 0 Å². The van der Waals surface area contributed by atoms with Crippen LogP contribution in [0, 0.1) is 5.92 Å². The maximum Gasteiger partial charge on any atom is 0.317 e. The first kappa shape index (κ1) is 17.0. The third kappa shape index (κ3) is 3.96. The molecule has 1 aromatic rings. The quantitative estimate of drug-likeness (QED) is 0.865. The second-order valence-electron chi connectivity index (χ2n) is 7.06. The van der Waals surface area contributed by atoms with Gasteiger partial charge in [0.05, 0.1) is 0 Å². The number of pyridine rings is 1. The number of likely N-dealkylation sites (tertiary alicyclic amines) is 1. The van der Waals surface area contributed by atoms with Crippen molar-refractivity contribution in [2.75, 3.05) is 27.2 Å². The van der Waals surface area contributed by atoms with Crippen LogP contribution in [0.25, 0.3) is 0 Å². The Labute approximate surface area is 144 Å². The first-order valence-corrected chi connectivity index (χ1v) is 8.93. The fourth-order valence-electron chi connectivity index (χ4n) is 3.93. The summed E-state index contributed by atoms with van der Waals surface area (Å²) in [7, 11) is 4.06. The van der Waals surface area contributed by atoms with Crippen LogP contribution < -0.4 is 5.32 Å². The van der Waals surface area contributed by atoms with Crippen LogP contribution in [0.1, 0.15) is 37.3 Å². The molecule has 1 saturated heterocycles. The van der Waals surface area contributed by atoms with Crippen molar-refractivity contribution in [2.45, 2.75) is 37.8 Å². The summed E-state index contributed by atoms with van der Waals surface area (Å²) in [6.45, 7) is 1.83. The van der Waals surface area contributed by atoms with Gasteiger partial charge in [-0.3, -0.25) is 9.88 Å². The van der Waals surface area contributed by atoms with E-state index in [0.717, 1.165) is 38.8 Å². The number of hydrogen-bond donors (Lipinski definition) is 1. The second kappa shape index (κ2) is 7.79. The standard InChI is InChI=1S/C19H28N4O/c1-22-12-10-16(18(22)15-7-6-11-20-13-15)14-23(2)19(24)21-17-8-4-3-5-9-17/h4,6-8,11,13,16-18H,3,5,9-10,12,14H2,1-2H3,(H,21,24)/t16-,17+,18-/m0/s1. The van der Waals surface area contributed by atoms with Crippen LogP contribution in [0.4, 0.5) is 4.79 Å². The van der Waals surface area contributed by atoms with Crippen LogP contribution in [0.3, 0.4) is 0 Å². The number of carbonyl (C=O) groups excluding carboxylic acids is 1. The largest absolute Gasteiger partial charge is 0.332 e. The van der Waals surface area contributed by atoms with Gasteiger partial charge in [-0.25, -0.2) is 4.79 Å². The summed E-state index contributed by atoms with van der Waals surface area (Å²) in [5, 5.41) is 3.13. The summed E-state index contributed by atoms with van der Waals surface area (Å²) in [5.41, 5.74) is 1.24. The van der Waals surface area contributed by atoms with Gasteiger partial charge < -0.3 is 10.2 Å². The van der Waals surface area contributed by atoms with Crippen LogP contribution in [-0.2, 0) is 0 Å². The number of amides is 2. The third-order valence-electron chi connectivity index (χ3n) is 5.22. The molecule has 0 bridgehead atoms. The average molecular weight is 328 g/mol. The Kier molecular flexibility index (Phi) is 5.51. The Morgan fingerprint density at radius 2 is 2.33 bits per heavy atom. The number of carbonyl (C=O) groups is 1. The third-order valence-corrected chi connectivity index (χ3v) is 5.22. The Bertz CT molecular complexity index is 574. The Morgan fingerprint density at radius 1 is 1.46 bits per heavy atom. The zero-order chi connectivity index (χ0) is 16.9. The van der Waals surface area contributed by atoms with Crippen molar-refractivity contribution in [3.8, 4) is 0 Å². The molecule has 1 aliphatic carbocycles. The van der Waals surface area contributed by atoms with Crippen molar-refractivity contribution in [3.63, 3.8) is 0 Å². The highest BCUT2D eigenvalue weighted by Gasteiger charge is 2.34. The molecule has 0 spiro atoms. The normalized spacial score (nSPS) is 27.2. The Hall–Kier alpha value is -1.88. The van der Waals surface area contributed by atoms with Crippen molar-refractivity contribution >= 4 is 6.03 Å². The summed E-state index contributed by atoms with van der Waals surface area (Å²) < 4.78 is 0. The predicted octanol–water partition coefficient (Wildman–Crippen LogP) is 2.82. The van der Waals surface area contributed by atoms with Crippen molar-refractivity contribution < 1.29 is 4.79 Å². The zero-order valence-corrected chi connectivity index (χ0v) is 14.7. The molecule has 130 valence electrons. The first-order chi connectivity index (χ1) is 11.6. The molecule has 5 heteroatoms. The van der Waals surface area contributed by atoms with Gasteiger partial charge in [0.2, 0.25) is 0 Å². The first-order valence-electron chi connectivity index (χ1n) is 8.93. The molecule has 3 rings (SSSR count). The molecule has 0 saturated carbocycles. The lowest BCUT2D eigenvalue weighted by atomic mass is 9.94. The molecular weight excluding hydrogens is 300 g/mol. The van der Waals surface area contributed by atoms with Crippen LogP contribution in [0.2, 0.25) is 0 Å². The number of hydrogen-bond acceptors (Lipinski definition) is 3. The van der Waals surface area contributed by atoms with Gasteiger partial charge in [0, 0.05) is 38.1 Å². The number of aromatic nitrogens is 1. The van der Waals surface area contributed by atoms with Gasteiger partial charge in [-0.15, -0.1) is 0 Å². The van der Waals surface area contributed by atoms with Crippen molar-refractivity contribution in [1.29, 1.82) is 0 Å². The zero-order valence-electron chi connectivity index (χ0n) is 14.7. The Morgan fingerprint density at radius 3 is 3.04 bits per heavy atom. The van der Waals surface area contributed by atoms with Gasteiger partial charge >= 0.3 is 6.03 Å². The minimum atomic E-state index is 0.0334. The van der Waals surface area contributed by atoms with Crippen LogP contribution in [0.5, 0.6) is 0 Å². The minimum absolute atomic E-state index is 0.0334. The fraction of sp³-hybridized carbons (Fsp3) is 0.579. The molecule has 0 unspecified atom stereocenters. The maximum absolute atomic E-state index is 12.5. The SMILES string of the molecule is CN(C[C@@H]1CCN(C)[C@H]1c1cccnc1)C(=O)N[C@@H]1C=CCCC1. The van der Waals surface area contributed by atoms with E-state index in [0.29, 0.717) is 12.0 Å². The van der Waals surface area contributed by atoms with E-state index in [-0.39, 0.29) is 12.1 Å². The molecule has 1 aromatic heterocycles. The summed E-state index contributed by atoms with van der Waals surface area (Å²) in [6.07, 6.45) is 12.5. The molecule has 24 heavy (non-hydrogen) atoms. The lowest BCUT2D eigenvalue weighted by molar-refractivity contribution is 0.187. The molecule has 5 nitrogen and oxygen atoms in total. The molecule has 1 aliphatic heterocycles. The lowest BCUT2D eigenvalue weighted by Crippen LogP contribution is -2.44. The Balaban J connectivity index is 1.60. The monoisotopic (exact) mass is 328 g/mol. The lowest BCUT2D eigenvalue weighted by Gasteiger charge is -2.29. The van der Waals surface area contributed by atoms with Gasteiger partial charge in [0.25, 0.3) is 0 Å². The number of urea groups is 1. The van der Waals surface area contributed by atoms with E-state index in [1.165, 1.54) is 5.56 Å². The molecule has 1 N–H and O–H groups in total. The van der Waals surface area contributed by atoms with E-state index in [9.17, 15) is 4.79 Å². The predicted molar refractivity (Wildman–Crippen MR) is 95.7 cm³/mol. The van der Waals surface area contributed by atoms with Gasteiger partial charge in [-0.05, 0) is 56.8 Å². The van der Waals surface area contributed by atoms with Gasteiger partial charge in [-0.1, -0.05) is 18.2 Å². The number of allylic oxidation sites excluding steroid dienone is 1. The van der Waals surface area contributed by atoms with Crippen molar-refractivity contribution in [3.05, 3.63) is 42.2 Å². The van der Waals surface area contributed by atoms with Gasteiger partial charge in [-0.2, -0.15) is 0 Å². The highest BCUT2D eigenvalue weighted by molar-refractivity contribution is 5.74. The van der Waals surface area contributed by atoms with Crippen LogP contribution >= 0.6 is 0 Å².